The van der Waals surface area contributed by atoms with Gasteiger partial charge in [0.05, 0.1) is 18.6 Å². The first-order chi connectivity index (χ1) is 15.5. The monoisotopic (exact) mass is 452 g/mol. The number of benzene rings is 1. The molecule has 2 amide bonds. The molecule has 32 heavy (non-hydrogen) atoms. The Hall–Kier alpha value is -3.33. The molecule has 2 N–H and O–H groups in total. The van der Waals surface area contributed by atoms with Crippen LogP contribution in [-0.4, -0.2) is 27.1 Å². The van der Waals surface area contributed by atoms with E-state index in [9.17, 15) is 14.4 Å². The van der Waals surface area contributed by atoms with Gasteiger partial charge in [-0.1, -0.05) is 17.8 Å². The van der Waals surface area contributed by atoms with Crippen LogP contribution in [0.15, 0.2) is 56.9 Å². The average molecular weight is 453 g/mol. The molecule has 9 heteroatoms. The number of amides is 2. The van der Waals surface area contributed by atoms with E-state index in [4.69, 9.17) is 4.42 Å². The van der Waals surface area contributed by atoms with Gasteiger partial charge in [-0.25, -0.2) is 4.79 Å². The van der Waals surface area contributed by atoms with Crippen LogP contribution in [0.1, 0.15) is 36.8 Å². The molecule has 2 heterocycles. The molecule has 0 unspecified atom stereocenters. The second-order valence-electron chi connectivity index (χ2n) is 7.60. The molecule has 8 nitrogen and oxygen atoms in total. The lowest BCUT2D eigenvalue weighted by Gasteiger charge is -2.22. The van der Waals surface area contributed by atoms with Crippen molar-refractivity contribution in [3.8, 4) is 0 Å². The number of hydrogen-bond acceptors (Lipinski definition) is 6. The highest BCUT2D eigenvalue weighted by molar-refractivity contribution is 8.00. The zero-order chi connectivity index (χ0) is 22.5. The first-order valence-corrected chi connectivity index (χ1v) is 11.4. The summed E-state index contributed by atoms with van der Waals surface area (Å²) < 4.78 is 7.10. The second kappa shape index (κ2) is 9.86. The summed E-state index contributed by atoms with van der Waals surface area (Å²) in [6, 6.07) is 10.6. The predicted octanol–water partition coefficient (Wildman–Crippen LogP) is 3.45. The van der Waals surface area contributed by atoms with Crippen molar-refractivity contribution in [2.75, 3.05) is 16.4 Å². The van der Waals surface area contributed by atoms with Crippen LogP contribution in [0.5, 0.6) is 0 Å². The third-order valence-corrected chi connectivity index (χ3v) is 6.17. The van der Waals surface area contributed by atoms with E-state index in [1.165, 1.54) is 18.7 Å². The van der Waals surface area contributed by atoms with Gasteiger partial charge in [-0.3, -0.25) is 14.2 Å². The molecular formula is C23H24N4O4S. The Morgan fingerprint density at radius 1 is 1.12 bits per heavy atom. The fraction of sp³-hybridized carbons (Fsp3) is 0.304. The topological polar surface area (TPSA) is 106 Å². The number of nitrogens with zero attached hydrogens (tertiary/aromatic N) is 2. The fourth-order valence-corrected chi connectivity index (χ4v) is 4.67. The molecule has 0 fully saturated rings. The van der Waals surface area contributed by atoms with E-state index in [2.05, 4.69) is 15.6 Å². The van der Waals surface area contributed by atoms with Gasteiger partial charge in [0.1, 0.15) is 10.8 Å². The molecule has 2 aromatic heterocycles. The Kier molecular flexibility index (Phi) is 6.75. The molecular weight excluding hydrogens is 428 g/mol. The Morgan fingerprint density at radius 3 is 2.66 bits per heavy atom. The Morgan fingerprint density at radius 2 is 1.91 bits per heavy atom. The molecule has 0 saturated carbocycles. The Labute approximate surface area is 189 Å². The smallest absolute Gasteiger partial charge is 0.349 e. The number of carbonyl (C=O) groups is 2. The lowest BCUT2D eigenvalue weighted by Crippen LogP contribution is -2.30. The molecule has 4 rings (SSSR count). The summed E-state index contributed by atoms with van der Waals surface area (Å²) in [4.78, 5) is 40.8. The number of hydrogen-bond donors (Lipinski definition) is 2. The van der Waals surface area contributed by atoms with Crippen LogP contribution in [0.3, 0.4) is 0 Å². The van der Waals surface area contributed by atoms with E-state index < -0.39 is 0 Å². The molecule has 1 aliphatic carbocycles. The van der Waals surface area contributed by atoms with Crippen LogP contribution < -0.4 is 16.3 Å². The van der Waals surface area contributed by atoms with Crippen molar-refractivity contribution < 1.29 is 14.0 Å². The van der Waals surface area contributed by atoms with Crippen molar-refractivity contribution in [3.63, 3.8) is 0 Å². The largest absolute Gasteiger partial charge is 0.467 e. The van der Waals surface area contributed by atoms with Gasteiger partial charge in [0.15, 0.2) is 0 Å². The van der Waals surface area contributed by atoms with E-state index in [0.717, 1.165) is 36.9 Å². The lowest BCUT2D eigenvalue weighted by atomic mass is 9.97. The van der Waals surface area contributed by atoms with Crippen molar-refractivity contribution in [2.45, 2.75) is 44.2 Å². The molecule has 3 aromatic rings. The molecule has 0 bridgehead atoms. The van der Waals surface area contributed by atoms with Gasteiger partial charge < -0.3 is 15.1 Å². The maximum Gasteiger partial charge on any atom is 0.349 e. The van der Waals surface area contributed by atoms with Crippen molar-refractivity contribution >= 4 is 35.0 Å². The zero-order valence-electron chi connectivity index (χ0n) is 17.7. The van der Waals surface area contributed by atoms with Crippen LogP contribution >= 0.6 is 11.8 Å². The van der Waals surface area contributed by atoms with Crippen molar-refractivity contribution in [1.82, 2.24) is 9.55 Å². The molecule has 0 spiro atoms. The van der Waals surface area contributed by atoms with Gasteiger partial charge >= 0.3 is 5.69 Å². The SMILES string of the molecule is CC(=O)Nc1cccc(NC(=O)CSc2nc(=O)n(Cc3ccco3)c3c2CCCC3)c1. The first-order valence-electron chi connectivity index (χ1n) is 10.4. The Bertz CT molecular complexity index is 1190. The van der Waals surface area contributed by atoms with Gasteiger partial charge in [-0.2, -0.15) is 4.98 Å². The van der Waals surface area contributed by atoms with E-state index in [-0.39, 0.29) is 23.3 Å². The van der Waals surface area contributed by atoms with Gasteiger partial charge in [0.25, 0.3) is 0 Å². The Balaban J connectivity index is 1.47. The minimum Gasteiger partial charge on any atom is -0.467 e. The van der Waals surface area contributed by atoms with E-state index in [1.807, 2.05) is 6.07 Å². The first kappa shape index (κ1) is 21.9. The van der Waals surface area contributed by atoms with E-state index in [1.54, 1.807) is 41.2 Å². The standard InChI is InChI=1S/C23H24N4O4S/c1-15(28)24-16-6-4-7-17(12-16)25-21(29)14-32-22-19-9-2-3-10-20(19)27(23(30)26-22)13-18-8-5-11-31-18/h4-8,11-12H,2-3,9-10,13-14H2,1H3,(H,24,28)(H,25,29). The summed E-state index contributed by atoms with van der Waals surface area (Å²) in [6.45, 7) is 1.79. The summed E-state index contributed by atoms with van der Waals surface area (Å²) in [5, 5.41) is 6.14. The number of anilines is 2. The second-order valence-corrected chi connectivity index (χ2v) is 8.56. The van der Waals surface area contributed by atoms with Crippen molar-refractivity contribution in [1.29, 1.82) is 0 Å². The maximum atomic E-state index is 12.8. The van der Waals surface area contributed by atoms with Crippen LogP contribution in [0, 0.1) is 0 Å². The van der Waals surface area contributed by atoms with Gasteiger partial charge in [0, 0.05) is 29.6 Å². The number of furan rings is 1. The minimum absolute atomic E-state index is 0.130. The summed E-state index contributed by atoms with van der Waals surface area (Å²) in [5.74, 6) is 0.455. The highest BCUT2D eigenvalue weighted by Crippen LogP contribution is 2.29. The molecule has 0 saturated heterocycles. The van der Waals surface area contributed by atoms with E-state index >= 15 is 0 Å². The maximum absolute atomic E-state index is 12.8. The van der Waals surface area contributed by atoms with Crippen LogP contribution in [0.4, 0.5) is 11.4 Å². The molecule has 0 aliphatic heterocycles. The lowest BCUT2D eigenvalue weighted by molar-refractivity contribution is -0.114. The summed E-state index contributed by atoms with van der Waals surface area (Å²) in [7, 11) is 0. The normalized spacial score (nSPS) is 12.8. The summed E-state index contributed by atoms with van der Waals surface area (Å²) >= 11 is 1.28. The number of thioether (sulfide) groups is 1. The summed E-state index contributed by atoms with van der Waals surface area (Å²) in [5.41, 5.74) is 2.91. The van der Waals surface area contributed by atoms with Crippen LogP contribution in [0.2, 0.25) is 0 Å². The van der Waals surface area contributed by atoms with Gasteiger partial charge in [-0.15, -0.1) is 0 Å². The quantitative estimate of drug-likeness (QED) is 0.420. The molecule has 1 aliphatic rings. The summed E-state index contributed by atoms with van der Waals surface area (Å²) in [6.07, 6.45) is 5.29. The van der Waals surface area contributed by atoms with Gasteiger partial charge in [0.2, 0.25) is 11.8 Å². The van der Waals surface area contributed by atoms with Crippen molar-refractivity contribution in [2.24, 2.45) is 0 Å². The highest BCUT2D eigenvalue weighted by atomic mass is 32.2. The minimum atomic E-state index is -0.326. The number of fused-ring (bicyclic) bond motifs is 1. The third kappa shape index (κ3) is 5.28. The zero-order valence-corrected chi connectivity index (χ0v) is 18.5. The molecule has 0 atom stereocenters. The predicted molar refractivity (Wildman–Crippen MR) is 123 cm³/mol. The average Bonchev–Trinajstić information content (AvgIpc) is 3.27. The van der Waals surface area contributed by atoms with Crippen molar-refractivity contribution in [3.05, 3.63) is 70.2 Å². The van der Waals surface area contributed by atoms with Gasteiger partial charge in [-0.05, 0) is 56.0 Å². The van der Waals surface area contributed by atoms with Crippen LogP contribution in [0.25, 0.3) is 0 Å². The number of nitrogens with one attached hydrogen (secondary N) is 2. The molecule has 0 radical (unpaired) electrons. The fourth-order valence-electron chi connectivity index (χ4n) is 3.80. The van der Waals surface area contributed by atoms with Crippen LogP contribution in [-0.2, 0) is 29.0 Å². The third-order valence-electron chi connectivity index (χ3n) is 5.15. The molecule has 166 valence electrons. The number of rotatable bonds is 7. The highest BCUT2D eigenvalue weighted by Gasteiger charge is 2.21. The number of carbonyl (C=O) groups excluding carboxylic acids is 2. The van der Waals surface area contributed by atoms with E-state index in [0.29, 0.717) is 28.7 Å². The molecule has 1 aromatic carbocycles. The number of aromatic nitrogens is 2.